The summed E-state index contributed by atoms with van der Waals surface area (Å²) in [5.41, 5.74) is 0.614. The molecule has 6 nitrogen and oxygen atoms in total. The van der Waals surface area contributed by atoms with Gasteiger partial charge in [-0.2, -0.15) is 0 Å². The number of rotatable bonds is 8. The fourth-order valence-corrected chi connectivity index (χ4v) is 3.37. The number of para-hydroxylation sites is 1. The highest BCUT2D eigenvalue weighted by atomic mass is 16.5. The molecule has 0 atom stereocenters. The Kier molecular flexibility index (Phi) is 7.50. The molecule has 3 rings (SSSR count). The van der Waals surface area contributed by atoms with E-state index >= 15 is 0 Å². The lowest BCUT2D eigenvalue weighted by molar-refractivity contribution is -0.132. The lowest BCUT2D eigenvalue weighted by Crippen LogP contribution is -2.46. The van der Waals surface area contributed by atoms with Crippen LogP contribution in [0.4, 0.5) is 0 Å². The van der Waals surface area contributed by atoms with E-state index in [2.05, 4.69) is 5.32 Å². The molecule has 0 saturated carbocycles. The predicted molar refractivity (Wildman–Crippen MR) is 111 cm³/mol. The lowest BCUT2D eigenvalue weighted by Gasteiger charge is -2.32. The molecule has 1 fully saturated rings. The number of hydrogen-bond donors (Lipinski definition) is 1. The molecule has 2 amide bonds. The Hall–Kier alpha value is -3.02. The van der Waals surface area contributed by atoms with Crippen LogP contribution in [0, 0.1) is 0 Å². The van der Waals surface area contributed by atoms with E-state index in [0.717, 1.165) is 24.3 Å². The quantitative estimate of drug-likeness (QED) is 0.696. The van der Waals surface area contributed by atoms with Crippen molar-refractivity contribution in [3.63, 3.8) is 0 Å². The molecule has 2 aromatic carbocycles. The molecule has 1 N–H and O–H groups in total. The number of carbonyl (C=O) groups is 2. The van der Waals surface area contributed by atoms with E-state index < -0.39 is 0 Å². The van der Waals surface area contributed by atoms with E-state index in [-0.39, 0.29) is 17.9 Å². The van der Waals surface area contributed by atoms with Gasteiger partial charge in [0.1, 0.15) is 11.5 Å². The normalized spacial score (nSPS) is 14.3. The Morgan fingerprint density at radius 1 is 1.00 bits per heavy atom. The number of piperidine rings is 1. The van der Waals surface area contributed by atoms with Gasteiger partial charge in [0.2, 0.25) is 5.91 Å². The first kappa shape index (κ1) is 20.7. The van der Waals surface area contributed by atoms with Gasteiger partial charge in [-0.3, -0.25) is 9.59 Å². The van der Waals surface area contributed by atoms with Crippen molar-refractivity contribution < 1.29 is 19.1 Å². The number of hydrogen-bond acceptors (Lipinski definition) is 4. The van der Waals surface area contributed by atoms with Crippen LogP contribution < -0.4 is 14.8 Å². The van der Waals surface area contributed by atoms with Crippen LogP contribution in [0.3, 0.4) is 0 Å². The monoisotopic (exact) mass is 396 g/mol. The van der Waals surface area contributed by atoms with Crippen LogP contribution in [0.15, 0.2) is 54.6 Å². The summed E-state index contributed by atoms with van der Waals surface area (Å²) < 4.78 is 10.7. The number of ether oxygens (including phenoxy) is 2. The molecule has 0 spiro atoms. The molecule has 1 heterocycles. The zero-order chi connectivity index (χ0) is 20.5. The molecule has 1 saturated heterocycles. The third-order valence-electron chi connectivity index (χ3n) is 5.08. The minimum absolute atomic E-state index is 0.0875. The van der Waals surface area contributed by atoms with E-state index in [1.165, 1.54) is 0 Å². The van der Waals surface area contributed by atoms with Gasteiger partial charge in [-0.05, 0) is 55.7 Å². The predicted octanol–water partition coefficient (Wildman–Crippen LogP) is 3.28. The molecule has 0 aliphatic carbocycles. The Balaban J connectivity index is 1.34. The molecular weight excluding hydrogens is 368 g/mol. The zero-order valence-corrected chi connectivity index (χ0v) is 16.8. The smallest absolute Gasteiger partial charge is 0.251 e. The summed E-state index contributed by atoms with van der Waals surface area (Å²) in [5.74, 6) is 1.62. The molecule has 0 bridgehead atoms. The lowest BCUT2D eigenvalue weighted by atomic mass is 10.0. The van der Waals surface area contributed by atoms with Gasteiger partial charge in [-0.1, -0.05) is 18.2 Å². The van der Waals surface area contributed by atoms with Gasteiger partial charge in [0.05, 0.1) is 13.7 Å². The first-order valence-electron chi connectivity index (χ1n) is 10.1. The molecule has 6 heteroatoms. The minimum atomic E-state index is -0.0875. The largest absolute Gasteiger partial charge is 0.497 e. The fraction of sp³-hybridized carbons (Fsp3) is 0.391. The summed E-state index contributed by atoms with van der Waals surface area (Å²) in [6.07, 6.45) is 2.72. The second-order valence-corrected chi connectivity index (χ2v) is 7.12. The van der Waals surface area contributed by atoms with Gasteiger partial charge in [0, 0.05) is 31.1 Å². The topological polar surface area (TPSA) is 67.9 Å². The van der Waals surface area contributed by atoms with Crippen LogP contribution in [-0.4, -0.2) is 49.6 Å². The van der Waals surface area contributed by atoms with Crippen LogP contribution in [0.1, 0.15) is 36.0 Å². The standard InChI is InChI=1S/C23H28N2O4/c1-28-20-11-9-18(10-12-20)23(27)24-19-13-15-25(16-14-19)22(26)8-5-17-29-21-6-3-2-4-7-21/h2-4,6-7,9-12,19H,5,8,13-17H2,1H3,(H,24,27). The molecule has 0 radical (unpaired) electrons. The molecule has 154 valence electrons. The summed E-state index contributed by atoms with van der Waals surface area (Å²) in [7, 11) is 1.60. The van der Waals surface area contributed by atoms with Gasteiger partial charge in [0.25, 0.3) is 5.91 Å². The van der Waals surface area contributed by atoms with Gasteiger partial charge in [0.15, 0.2) is 0 Å². The molecule has 0 unspecified atom stereocenters. The minimum Gasteiger partial charge on any atom is -0.497 e. The van der Waals surface area contributed by atoms with Crippen molar-refractivity contribution in [1.82, 2.24) is 10.2 Å². The second kappa shape index (κ2) is 10.5. The van der Waals surface area contributed by atoms with Gasteiger partial charge >= 0.3 is 0 Å². The number of carbonyl (C=O) groups excluding carboxylic acids is 2. The van der Waals surface area contributed by atoms with E-state index in [4.69, 9.17) is 9.47 Å². The van der Waals surface area contributed by atoms with Crippen LogP contribution in [0.25, 0.3) is 0 Å². The van der Waals surface area contributed by atoms with Gasteiger partial charge in [-0.15, -0.1) is 0 Å². The molecule has 1 aliphatic heterocycles. The highest BCUT2D eigenvalue weighted by Gasteiger charge is 2.23. The van der Waals surface area contributed by atoms with E-state index in [0.29, 0.717) is 38.1 Å². The Morgan fingerprint density at radius 2 is 1.69 bits per heavy atom. The van der Waals surface area contributed by atoms with Crippen molar-refractivity contribution in [3.8, 4) is 11.5 Å². The van der Waals surface area contributed by atoms with E-state index in [9.17, 15) is 9.59 Å². The number of nitrogens with zero attached hydrogens (tertiary/aromatic N) is 1. The van der Waals surface area contributed by atoms with Crippen LogP contribution in [0.2, 0.25) is 0 Å². The van der Waals surface area contributed by atoms with E-state index in [1.54, 1.807) is 31.4 Å². The summed E-state index contributed by atoms with van der Waals surface area (Å²) in [6.45, 7) is 1.88. The first-order chi connectivity index (χ1) is 14.2. The van der Waals surface area contributed by atoms with Crippen LogP contribution in [-0.2, 0) is 4.79 Å². The van der Waals surface area contributed by atoms with Gasteiger partial charge in [-0.25, -0.2) is 0 Å². The van der Waals surface area contributed by atoms with Gasteiger partial charge < -0.3 is 19.7 Å². The Bertz CT molecular complexity index is 784. The molecular formula is C23H28N2O4. The highest BCUT2D eigenvalue weighted by molar-refractivity contribution is 5.94. The van der Waals surface area contributed by atoms with Crippen molar-refractivity contribution in [2.24, 2.45) is 0 Å². The SMILES string of the molecule is COc1ccc(C(=O)NC2CCN(C(=O)CCCOc3ccccc3)CC2)cc1. The first-order valence-corrected chi connectivity index (χ1v) is 10.1. The van der Waals surface area contributed by atoms with Crippen molar-refractivity contribution in [1.29, 1.82) is 0 Å². The summed E-state index contributed by atoms with van der Waals surface area (Å²) in [5, 5.41) is 3.06. The average molecular weight is 396 g/mol. The molecule has 2 aromatic rings. The van der Waals surface area contributed by atoms with E-state index in [1.807, 2.05) is 35.2 Å². The molecule has 1 aliphatic rings. The maximum absolute atomic E-state index is 12.4. The zero-order valence-electron chi connectivity index (χ0n) is 16.8. The van der Waals surface area contributed by atoms with Crippen molar-refractivity contribution in [3.05, 3.63) is 60.2 Å². The number of benzene rings is 2. The summed E-state index contributed by atoms with van der Waals surface area (Å²) >= 11 is 0. The molecule has 0 aromatic heterocycles. The Labute approximate surface area is 171 Å². The number of nitrogens with one attached hydrogen (secondary N) is 1. The molecule has 29 heavy (non-hydrogen) atoms. The highest BCUT2D eigenvalue weighted by Crippen LogP contribution is 2.15. The summed E-state index contributed by atoms with van der Waals surface area (Å²) in [4.78, 5) is 26.7. The number of likely N-dealkylation sites (tertiary alicyclic amines) is 1. The maximum Gasteiger partial charge on any atom is 0.251 e. The van der Waals surface area contributed by atoms with Crippen LogP contribution in [0.5, 0.6) is 11.5 Å². The van der Waals surface area contributed by atoms with Crippen LogP contribution >= 0.6 is 0 Å². The number of amides is 2. The summed E-state index contributed by atoms with van der Waals surface area (Å²) in [6, 6.07) is 16.8. The van der Waals surface area contributed by atoms with Crippen molar-refractivity contribution >= 4 is 11.8 Å². The van der Waals surface area contributed by atoms with Crippen molar-refractivity contribution in [2.45, 2.75) is 31.7 Å². The third-order valence-corrected chi connectivity index (χ3v) is 5.08. The fourth-order valence-electron chi connectivity index (χ4n) is 3.37. The Morgan fingerprint density at radius 3 is 2.34 bits per heavy atom. The second-order valence-electron chi connectivity index (χ2n) is 7.12. The average Bonchev–Trinajstić information content (AvgIpc) is 2.78. The maximum atomic E-state index is 12.4. The van der Waals surface area contributed by atoms with Crippen molar-refractivity contribution in [2.75, 3.05) is 26.8 Å². The third kappa shape index (κ3) is 6.24. The number of methoxy groups -OCH3 is 1.